The standard InChI is InChI=1S/C15H20N2O5/c1-9-7-12(10(2)22-9)15(20)21-8-13(18)17-5-3-11(4-6-17)14(16)19/h7,11H,3-6,8H2,1-2H3,(H2,16,19). The molecule has 1 aliphatic heterocycles. The summed E-state index contributed by atoms with van der Waals surface area (Å²) in [5.41, 5.74) is 5.58. The molecule has 0 aliphatic carbocycles. The Labute approximate surface area is 128 Å². The van der Waals surface area contributed by atoms with Crippen molar-refractivity contribution in [2.45, 2.75) is 26.7 Å². The zero-order valence-electron chi connectivity index (χ0n) is 12.8. The first-order chi connectivity index (χ1) is 10.4. The fourth-order valence-electron chi connectivity index (χ4n) is 2.54. The Kier molecular flexibility index (Phi) is 4.85. The number of amides is 2. The molecule has 0 spiro atoms. The maximum atomic E-state index is 12.0. The van der Waals surface area contributed by atoms with Crippen molar-refractivity contribution in [3.63, 3.8) is 0 Å². The van der Waals surface area contributed by atoms with Crippen LogP contribution in [0.25, 0.3) is 0 Å². The molecule has 2 N–H and O–H groups in total. The number of furan rings is 1. The molecule has 2 amide bonds. The largest absolute Gasteiger partial charge is 0.466 e. The van der Waals surface area contributed by atoms with Crippen molar-refractivity contribution >= 4 is 17.8 Å². The number of primary amides is 1. The second kappa shape index (κ2) is 6.64. The second-order valence-corrected chi connectivity index (χ2v) is 5.46. The minimum absolute atomic E-state index is 0.178. The van der Waals surface area contributed by atoms with Gasteiger partial charge in [-0.15, -0.1) is 0 Å². The SMILES string of the molecule is Cc1cc(C(=O)OCC(=O)N2CCC(C(N)=O)CC2)c(C)o1. The van der Waals surface area contributed by atoms with Crippen LogP contribution in [0.1, 0.15) is 34.7 Å². The lowest BCUT2D eigenvalue weighted by Gasteiger charge is -2.30. The van der Waals surface area contributed by atoms with E-state index in [9.17, 15) is 14.4 Å². The van der Waals surface area contributed by atoms with Crippen molar-refractivity contribution < 1.29 is 23.5 Å². The van der Waals surface area contributed by atoms with Crippen LogP contribution in [0.5, 0.6) is 0 Å². The predicted molar refractivity (Wildman–Crippen MR) is 77.0 cm³/mol. The van der Waals surface area contributed by atoms with Crippen LogP contribution < -0.4 is 5.73 Å². The molecule has 7 heteroatoms. The quantitative estimate of drug-likeness (QED) is 0.828. The highest BCUT2D eigenvalue weighted by Gasteiger charge is 2.26. The van der Waals surface area contributed by atoms with E-state index in [1.54, 1.807) is 24.8 Å². The first-order valence-corrected chi connectivity index (χ1v) is 7.19. The Balaban J connectivity index is 1.82. The number of esters is 1. The van der Waals surface area contributed by atoms with E-state index in [1.165, 1.54) is 0 Å². The number of piperidine rings is 1. The molecule has 120 valence electrons. The van der Waals surface area contributed by atoms with Crippen LogP contribution in [0.2, 0.25) is 0 Å². The normalized spacial score (nSPS) is 15.6. The fourth-order valence-corrected chi connectivity index (χ4v) is 2.54. The molecule has 1 fully saturated rings. The summed E-state index contributed by atoms with van der Waals surface area (Å²) in [7, 11) is 0. The minimum Gasteiger partial charge on any atom is -0.466 e. The molecular formula is C15H20N2O5. The van der Waals surface area contributed by atoms with Crippen LogP contribution >= 0.6 is 0 Å². The maximum Gasteiger partial charge on any atom is 0.342 e. The predicted octanol–water partition coefficient (Wildman–Crippen LogP) is 0.777. The third-order valence-corrected chi connectivity index (χ3v) is 3.84. The lowest BCUT2D eigenvalue weighted by atomic mass is 9.96. The van der Waals surface area contributed by atoms with Crippen LogP contribution in [0.15, 0.2) is 10.5 Å². The fraction of sp³-hybridized carbons (Fsp3) is 0.533. The number of hydrogen-bond acceptors (Lipinski definition) is 5. The smallest absolute Gasteiger partial charge is 0.342 e. The number of nitrogens with two attached hydrogens (primary N) is 1. The van der Waals surface area contributed by atoms with Gasteiger partial charge in [-0.1, -0.05) is 0 Å². The van der Waals surface area contributed by atoms with E-state index in [2.05, 4.69) is 0 Å². The molecule has 0 unspecified atom stereocenters. The van der Waals surface area contributed by atoms with E-state index in [4.69, 9.17) is 14.9 Å². The molecule has 0 atom stereocenters. The molecule has 1 aliphatic rings. The third-order valence-electron chi connectivity index (χ3n) is 3.84. The van der Waals surface area contributed by atoms with E-state index in [-0.39, 0.29) is 24.3 Å². The summed E-state index contributed by atoms with van der Waals surface area (Å²) in [4.78, 5) is 36.6. The Bertz CT molecular complexity index is 585. The molecule has 7 nitrogen and oxygen atoms in total. The van der Waals surface area contributed by atoms with Gasteiger partial charge in [0.2, 0.25) is 5.91 Å². The van der Waals surface area contributed by atoms with Gasteiger partial charge in [-0.25, -0.2) is 4.79 Å². The van der Waals surface area contributed by atoms with E-state index < -0.39 is 5.97 Å². The average molecular weight is 308 g/mol. The Morgan fingerprint density at radius 3 is 2.45 bits per heavy atom. The van der Waals surface area contributed by atoms with Gasteiger partial charge in [-0.05, 0) is 32.8 Å². The van der Waals surface area contributed by atoms with Gasteiger partial charge >= 0.3 is 5.97 Å². The summed E-state index contributed by atoms with van der Waals surface area (Å²) < 4.78 is 10.3. The summed E-state index contributed by atoms with van der Waals surface area (Å²) in [5.74, 6) is -0.266. The second-order valence-electron chi connectivity index (χ2n) is 5.46. The monoisotopic (exact) mass is 308 g/mol. The molecule has 0 aromatic carbocycles. The van der Waals surface area contributed by atoms with Crippen LogP contribution in [-0.4, -0.2) is 42.4 Å². The third kappa shape index (κ3) is 3.66. The molecule has 1 saturated heterocycles. The van der Waals surface area contributed by atoms with Gasteiger partial charge in [0.25, 0.3) is 5.91 Å². The lowest BCUT2D eigenvalue weighted by molar-refractivity contribution is -0.137. The molecular weight excluding hydrogens is 288 g/mol. The van der Waals surface area contributed by atoms with Crippen molar-refractivity contribution in [3.8, 4) is 0 Å². The summed E-state index contributed by atoms with van der Waals surface area (Å²) in [6.45, 7) is 3.99. The van der Waals surface area contributed by atoms with Crippen molar-refractivity contribution in [3.05, 3.63) is 23.2 Å². The topological polar surface area (TPSA) is 103 Å². The summed E-state index contributed by atoms with van der Waals surface area (Å²) in [6.07, 6.45) is 1.10. The van der Waals surface area contributed by atoms with Crippen molar-refractivity contribution in [2.24, 2.45) is 11.7 Å². The highest BCUT2D eigenvalue weighted by Crippen LogP contribution is 2.17. The first kappa shape index (κ1) is 16.1. The molecule has 2 rings (SSSR count). The van der Waals surface area contributed by atoms with E-state index in [1.807, 2.05) is 0 Å². The maximum absolute atomic E-state index is 12.0. The van der Waals surface area contributed by atoms with Crippen LogP contribution in [0.4, 0.5) is 0 Å². The number of likely N-dealkylation sites (tertiary alicyclic amines) is 1. The van der Waals surface area contributed by atoms with Crippen LogP contribution in [0, 0.1) is 19.8 Å². The molecule has 0 bridgehead atoms. The average Bonchev–Trinajstić information content (AvgIpc) is 2.83. The van der Waals surface area contributed by atoms with Gasteiger partial charge in [0.15, 0.2) is 6.61 Å². The summed E-state index contributed by atoms with van der Waals surface area (Å²) >= 11 is 0. The van der Waals surface area contributed by atoms with E-state index in [0.29, 0.717) is 43.0 Å². The number of carbonyl (C=O) groups excluding carboxylic acids is 3. The highest BCUT2D eigenvalue weighted by atomic mass is 16.5. The first-order valence-electron chi connectivity index (χ1n) is 7.19. The van der Waals surface area contributed by atoms with Gasteiger partial charge in [0, 0.05) is 19.0 Å². The van der Waals surface area contributed by atoms with Crippen LogP contribution in [-0.2, 0) is 14.3 Å². The lowest BCUT2D eigenvalue weighted by Crippen LogP contribution is -2.43. The van der Waals surface area contributed by atoms with Gasteiger partial charge in [-0.2, -0.15) is 0 Å². The van der Waals surface area contributed by atoms with E-state index >= 15 is 0 Å². The highest BCUT2D eigenvalue weighted by molar-refractivity contribution is 5.92. The Morgan fingerprint density at radius 2 is 1.95 bits per heavy atom. The van der Waals surface area contributed by atoms with Crippen LogP contribution in [0.3, 0.4) is 0 Å². The van der Waals surface area contributed by atoms with Crippen molar-refractivity contribution in [2.75, 3.05) is 19.7 Å². The van der Waals surface area contributed by atoms with Gasteiger partial charge in [-0.3, -0.25) is 9.59 Å². The molecule has 1 aromatic rings. The number of nitrogens with zero attached hydrogens (tertiary/aromatic N) is 1. The Morgan fingerprint density at radius 1 is 1.32 bits per heavy atom. The van der Waals surface area contributed by atoms with Crippen molar-refractivity contribution in [1.82, 2.24) is 4.90 Å². The zero-order chi connectivity index (χ0) is 16.3. The number of aryl methyl sites for hydroxylation is 2. The Hall–Kier alpha value is -2.31. The summed E-state index contributed by atoms with van der Waals surface area (Å²) in [6, 6.07) is 1.58. The number of carbonyl (C=O) groups is 3. The molecule has 0 saturated carbocycles. The minimum atomic E-state index is -0.574. The van der Waals surface area contributed by atoms with Gasteiger partial charge in [0.1, 0.15) is 17.1 Å². The summed E-state index contributed by atoms with van der Waals surface area (Å²) in [5, 5.41) is 0. The molecule has 2 heterocycles. The zero-order valence-corrected chi connectivity index (χ0v) is 12.8. The van der Waals surface area contributed by atoms with E-state index in [0.717, 1.165) is 0 Å². The van der Waals surface area contributed by atoms with Gasteiger partial charge < -0.3 is 19.8 Å². The molecule has 1 aromatic heterocycles. The number of hydrogen-bond donors (Lipinski definition) is 1. The number of ether oxygens (including phenoxy) is 1. The van der Waals surface area contributed by atoms with Crippen molar-refractivity contribution in [1.29, 1.82) is 0 Å². The molecule has 22 heavy (non-hydrogen) atoms. The number of rotatable bonds is 4. The molecule has 0 radical (unpaired) electrons. The van der Waals surface area contributed by atoms with Gasteiger partial charge in [0.05, 0.1) is 0 Å².